The van der Waals surface area contributed by atoms with Gasteiger partial charge in [-0.25, -0.2) is 0 Å². The van der Waals surface area contributed by atoms with E-state index in [1.807, 2.05) is 6.07 Å². The summed E-state index contributed by atoms with van der Waals surface area (Å²) in [5, 5.41) is 22.2. The minimum atomic E-state index is -0.0443. The lowest BCUT2D eigenvalue weighted by molar-refractivity contribution is 0.397. The van der Waals surface area contributed by atoms with Crippen molar-refractivity contribution in [3.63, 3.8) is 0 Å². The molecule has 1 aliphatic carbocycles. The van der Waals surface area contributed by atoms with Crippen LogP contribution in [0.5, 0.6) is 11.5 Å². The second-order valence-corrected chi connectivity index (χ2v) is 4.18. The normalized spacial score (nSPS) is 24.1. The molecule has 2 rings (SSSR count). The summed E-state index contributed by atoms with van der Waals surface area (Å²) in [6.07, 6.45) is 2.44. The minimum Gasteiger partial charge on any atom is -0.504 e. The molecule has 1 aliphatic rings. The van der Waals surface area contributed by atoms with E-state index in [1.165, 1.54) is 18.9 Å². The van der Waals surface area contributed by atoms with Crippen LogP contribution in [0.3, 0.4) is 0 Å². The Balaban J connectivity index is 1.91. The van der Waals surface area contributed by atoms with Crippen LogP contribution in [-0.4, -0.2) is 16.3 Å². The van der Waals surface area contributed by atoms with E-state index in [9.17, 15) is 10.2 Å². The third-order valence-electron chi connectivity index (χ3n) is 3.10. The summed E-state index contributed by atoms with van der Waals surface area (Å²) in [6.45, 7) is 2.82. The highest BCUT2D eigenvalue weighted by Gasteiger charge is 2.34. The van der Waals surface area contributed by atoms with E-state index >= 15 is 0 Å². The number of nitrogens with one attached hydrogen (secondary N) is 1. The highest BCUT2D eigenvalue weighted by molar-refractivity contribution is 5.44. The first kappa shape index (κ1) is 10.3. The molecule has 3 N–H and O–H groups in total. The van der Waals surface area contributed by atoms with Gasteiger partial charge >= 0.3 is 0 Å². The van der Waals surface area contributed by atoms with E-state index in [2.05, 4.69) is 12.2 Å². The molecule has 3 heteroatoms. The number of hydrogen-bond donors (Lipinski definition) is 3. The maximum Gasteiger partial charge on any atom is 0.161 e. The van der Waals surface area contributed by atoms with E-state index in [0.29, 0.717) is 12.6 Å². The van der Waals surface area contributed by atoms with Crippen molar-refractivity contribution in [3.8, 4) is 11.5 Å². The number of benzene rings is 1. The Morgan fingerprint density at radius 3 is 2.87 bits per heavy atom. The van der Waals surface area contributed by atoms with Gasteiger partial charge in [-0.1, -0.05) is 25.5 Å². The van der Waals surface area contributed by atoms with Crippen LogP contribution in [0.25, 0.3) is 0 Å². The molecule has 0 amide bonds. The van der Waals surface area contributed by atoms with Gasteiger partial charge in [0, 0.05) is 18.2 Å². The SMILES string of the molecule is CCC1CC1NCc1cccc(O)c1O. The van der Waals surface area contributed by atoms with Crippen molar-refractivity contribution in [3.05, 3.63) is 23.8 Å². The smallest absolute Gasteiger partial charge is 0.161 e. The molecule has 1 saturated carbocycles. The fourth-order valence-corrected chi connectivity index (χ4v) is 1.91. The van der Waals surface area contributed by atoms with E-state index in [-0.39, 0.29) is 11.5 Å². The Kier molecular flexibility index (Phi) is 2.82. The Hall–Kier alpha value is -1.22. The standard InChI is InChI=1S/C12H17NO2/c1-2-8-6-10(8)13-7-9-4-3-5-11(14)12(9)15/h3-5,8,10,13-15H,2,6-7H2,1H3. The number of rotatable bonds is 4. The number of para-hydroxylation sites is 1. The fraction of sp³-hybridized carbons (Fsp3) is 0.500. The summed E-state index contributed by atoms with van der Waals surface area (Å²) in [5.41, 5.74) is 0.761. The molecule has 1 aromatic carbocycles. The van der Waals surface area contributed by atoms with E-state index in [0.717, 1.165) is 11.5 Å². The van der Waals surface area contributed by atoms with Crippen LogP contribution in [0.4, 0.5) is 0 Å². The number of aromatic hydroxyl groups is 2. The van der Waals surface area contributed by atoms with E-state index in [4.69, 9.17) is 0 Å². The molecule has 2 unspecified atom stereocenters. The van der Waals surface area contributed by atoms with Crippen molar-refractivity contribution >= 4 is 0 Å². The van der Waals surface area contributed by atoms with Crippen molar-refractivity contribution < 1.29 is 10.2 Å². The molecule has 0 spiro atoms. The molecule has 2 atom stereocenters. The number of phenolic OH excluding ortho intramolecular Hbond substituents is 2. The van der Waals surface area contributed by atoms with Gasteiger partial charge in [-0.2, -0.15) is 0 Å². The van der Waals surface area contributed by atoms with Gasteiger partial charge in [0.25, 0.3) is 0 Å². The first-order valence-corrected chi connectivity index (χ1v) is 5.45. The maximum atomic E-state index is 9.56. The molecular formula is C12H17NO2. The molecule has 0 radical (unpaired) electrons. The average molecular weight is 207 g/mol. The summed E-state index contributed by atoms with van der Waals surface area (Å²) < 4.78 is 0. The lowest BCUT2D eigenvalue weighted by atomic mass is 10.2. The molecular weight excluding hydrogens is 190 g/mol. The Bertz CT molecular complexity index is 351. The average Bonchev–Trinajstić information content (AvgIpc) is 2.99. The molecule has 0 heterocycles. The van der Waals surface area contributed by atoms with Gasteiger partial charge in [-0.3, -0.25) is 0 Å². The zero-order valence-electron chi connectivity index (χ0n) is 8.90. The van der Waals surface area contributed by atoms with Gasteiger partial charge in [-0.15, -0.1) is 0 Å². The van der Waals surface area contributed by atoms with Crippen LogP contribution in [0.2, 0.25) is 0 Å². The monoisotopic (exact) mass is 207 g/mol. The second kappa shape index (κ2) is 4.11. The molecule has 0 bridgehead atoms. The molecule has 82 valence electrons. The van der Waals surface area contributed by atoms with Crippen LogP contribution in [0, 0.1) is 5.92 Å². The molecule has 1 fully saturated rings. The third kappa shape index (κ3) is 2.23. The van der Waals surface area contributed by atoms with Crippen molar-refractivity contribution in [1.29, 1.82) is 0 Å². The highest BCUT2D eigenvalue weighted by Crippen LogP contribution is 2.34. The van der Waals surface area contributed by atoms with E-state index in [1.54, 1.807) is 6.07 Å². The molecule has 0 aliphatic heterocycles. The predicted molar refractivity (Wildman–Crippen MR) is 58.8 cm³/mol. The van der Waals surface area contributed by atoms with Gasteiger partial charge in [0.15, 0.2) is 11.5 Å². The first-order valence-electron chi connectivity index (χ1n) is 5.45. The van der Waals surface area contributed by atoms with Crippen LogP contribution >= 0.6 is 0 Å². The highest BCUT2D eigenvalue weighted by atomic mass is 16.3. The van der Waals surface area contributed by atoms with Crippen molar-refractivity contribution in [2.75, 3.05) is 0 Å². The predicted octanol–water partition coefficient (Wildman–Crippen LogP) is 1.99. The Labute approximate surface area is 89.8 Å². The lowest BCUT2D eigenvalue weighted by Crippen LogP contribution is -2.17. The lowest BCUT2D eigenvalue weighted by Gasteiger charge is -2.07. The minimum absolute atomic E-state index is 0.00121. The summed E-state index contributed by atoms with van der Waals surface area (Å²) >= 11 is 0. The molecule has 3 nitrogen and oxygen atoms in total. The Morgan fingerprint density at radius 2 is 2.20 bits per heavy atom. The van der Waals surface area contributed by atoms with Gasteiger partial charge < -0.3 is 15.5 Å². The maximum absolute atomic E-state index is 9.56. The van der Waals surface area contributed by atoms with E-state index < -0.39 is 0 Å². The Morgan fingerprint density at radius 1 is 1.40 bits per heavy atom. The molecule has 15 heavy (non-hydrogen) atoms. The third-order valence-corrected chi connectivity index (χ3v) is 3.10. The number of hydrogen-bond acceptors (Lipinski definition) is 3. The molecule has 1 aromatic rings. The zero-order chi connectivity index (χ0) is 10.8. The largest absolute Gasteiger partial charge is 0.504 e. The summed E-state index contributed by atoms with van der Waals surface area (Å²) in [4.78, 5) is 0. The van der Waals surface area contributed by atoms with Crippen molar-refractivity contribution in [1.82, 2.24) is 5.32 Å². The van der Waals surface area contributed by atoms with Gasteiger partial charge in [0.1, 0.15) is 0 Å². The fourth-order valence-electron chi connectivity index (χ4n) is 1.91. The topological polar surface area (TPSA) is 52.5 Å². The second-order valence-electron chi connectivity index (χ2n) is 4.18. The first-order chi connectivity index (χ1) is 7.22. The van der Waals surface area contributed by atoms with Gasteiger partial charge in [-0.05, 0) is 18.4 Å². The number of phenols is 2. The van der Waals surface area contributed by atoms with Crippen molar-refractivity contribution in [2.24, 2.45) is 5.92 Å². The summed E-state index contributed by atoms with van der Waals surface area (Å²) in [5.74, 6) is 0.750. The molecule has 0 aromatic heterocycles. The summed E-state index contributed by atoms with van der Waals surface area (Å²) in [6, 6.07) is 5.66. The van der Waals surface area contributed by atoms with Gasteiger partial charge in [0.05, 0.1) is 0 Å². The van der Waals surface area contributed by atoms with Crippen molar-refractivity contribution in [2.45, 2.75) is 32.4 Å². The quantitative estimate of drug-likeness (QED) is 0.662. The van der Waals surface area contributed by atoms with Crippen LogP contribution in [0.15, 0.2) is 18.2 Å². The summed E-state index contributed by atoms with van der Waals surface area (Å²) in [7, 11) is 0. The molecule has 0 saturated heterocycles. The van der Waals surface area contributed by atoms with Crippen LogP contribution in [-0.2, 0) is 6.54 Å². The van der Waals surface area contributed by atoms with Crippen LogP contribution in [0.1, 0.15) is 25.3 Å². The van der Waals surface area contributed by atoms with Gasteiger partial charge in [0.2, 0.25) is 0 Å². The van der Waals surface area contributed by atoms with Crippen LogP contribution < -0.4 is 5.32 Å². The zero-order valence-corrected chi connectivity index (χ0v) is 8.90.